The predicted molar refractivity (Wildman–Crippen MR) is 127 cm³/mol. The Labute approximate surface area is 189 Å². The molecule has 0 bridgehead atoms. The minimum Gasteiger partial charge on any atom is -0.493 e. The van der Waals surface area contributed by atoms with Gasteiger partial charge in [0.1, 0.15) is 5.76 Å². The van der Waals surface area contributed by atoms with Crippen LogP contribution in [0.25, 0.3) is 16.5 Å². The second-order valence-electron chi connectivity index (χ2n) is 8.70. The van der Waals surface area contributed by atoms with E-state index in [9.17, 15) is 0 Å². The Bertz CT molecular complexity index is 1150. The first-order valence-corrected chi connectivity index (χ1v) is 11.3. The van der Waals surface area contributed by atoms with E-state index in [4.69, 9.17) is 18.9 Å². The lowest BCUT2D eigenvalue weighted by Crippen LogP contribution is -2.49. The molecule has 4 heteroatoms. The van der Waals surface area contributed by atoms with E-state index < -0.39 is 5.79 Å². The van der Waals surface area contributed by atoms with Crippen LogP contribution in [0, 0.1) is 5.92 Å². The van der Waals surface area contributed by atoms with Gasteiger partial charge < -0.3 is 18.9 Å². The molecule has 3 unspecified atom stereocenters. The lowest BCUT2D eigenvalue weighted by atomic mass is 9.70. The average Bonchev–Trinajstić information content (AvgIpc) is 2.87. The summed E-state index contributed by atoms with van der Waals surface area (Å²) in [7, 11) is 5.14. The van der Waals surface area contributed by atoms with Crippen LogP contribution in [-0.4, -0.2) is 27.1 Å². The van der Waals surface area contributed by atoms with Crippen LogP contribution in [0.1, 0.15) is 42.7 Å². The fraction of sp³-hybridized carbons (Fsp3) is 0.357. The zero-order valence-corrected chi connectivity index (χ0v) is 19.0. The Hall–Kier alpha value is -2.98. The van der Waals surface area contributed by atoms with E-state index in [1.54, 1.807) is 21.3 Å². The van der Waals surface area contributed by atoms with E-state index in [-0.39, 0.29) is 11.8 Å². The van der Waals surface area contributed by atoms with Gasteiger partial charge in [-0.3, -0.25) is 0 Å². The van der Waals surface area contributed by atoms with Crippen molar-refractivity contribution in [3.8, 4) is 11.5 Å². The number of hydrogen-bond donors (Lipinski definition) is 0. The number of hydrogen-bond acceptors (Lipinski definition) is 4. The molecule has 1 heterocycles. The third-order valence-electron chi connectivity index (χ3n) is 7.07. The van der Waals surface area contributed by atoms with Crippen molar-refractivity contribution in [3.05, 3.63) is 77.9 Å². The lowest BCUT2D eigenvalue weighted by Gasteiger charge is -2.49. The minimum atomic E-state index is -0.619. The van der Waals surface area contributed by atoms with Crippen LogP contribution in [0.3, 0.4) is 0 Å². The summed E-state index contributed by atoms with van der Waals surface area (Å²) in [6.45, 7) is 0. The standard InChI is InChI=1S/C28H30O4/c1-29-25-14-13-21(17-27(25)30-2)23-18-26(32-28(31-3)15-7-6-10-24(23)28)22-12-11-19-8-4-5-9-20(19)16-22/h4-5,8-9,11-14,16-18,23-24H,6-7,10,15H2,1-3H3. The summed E-state index contributed by atoms with van der Waals surface area (Å²) in [5.74, 6) is 2.15. The molecule has 2 aliphatic rings. The van der Waals surface area contributed by atoms with Crippen LogP contribution in [0.5, 0.6) is 11.5 Å². The fourth-order valence-corrected chi connectivity index (χ4v) is 5.40. The summed E-state index contributed by atoms with van der Waals surface area (Å²) < 4.78 is 23.9. The summed E-state index contributed by atoms with van der Waals surface area (Å²) in [5, 5.41) is 2.43. The molecular formula is C28H30O4. The van der Waals surface area contributed by atoms with Gasteiger partial charge in [-0.05, 0) is 53.5 Å². The highest BCUT2D eigenvalue weighted by molar-refractivity contribution is 5.85. The van der Waals surface area contributed by atoms with Gasteiger partial charge in [0.25, 0.3) is 0 Å². The Balaban J connectivity index is 1.64. The number of benzene rings is 3. The molecule has 0 N–H and O–H groups in total. The largest absolute Gasteiger partial charge is 0.493 e. The van der Waals surface area contributed by atoms with Crippen molar-refractivity contribution >= 4 is 16.5 Å². The van der Waals surface area contributed by atoms with Gasteiger partial charge in [0.2, 0.25) is 5.79 Å². The Kier molecular flexibility index (Phi) is 5.56. The smallest absolute Gasteiger partial charge is 0.214 e. The van der Waals surface area contributed by atoms with Gasteiger partial charge in [-0.15, -0.1) is 0 Å². The Morgan fingerprint density at radius 2 is 1.66 bits per heavy atom. The first-order chi connectivity index (χ1) is 15.7. The number of fused-ring (bicyclic) bond motifs is 2. The maximum absolute atomic E-state index is 6.70. The lowest BCUT2D eigenvalue weighted by molar-refractivity contribution is -0.240. The molecule has 3 aromatic rings. The molecule has 3 aromatic carbocycles. The summed E-state index contributed by atoms with van der Waals surface area (Å²) in [6.07, 6.45) is 6.52. The van der Waals surface area contributed by atoms with E-state index in [0.717, 1.165) is 42.1 Å². The molecule has 5 rings (SSSR count). The highest BCUT2D eigenvalue weighted by Gasteiger charge is 2.50. The topological polar surface area (TPSA) is 36.9 Å². The van der Waals surface area contributed by atoms with Crippen LogP contribution < -0.4 is 9.47 Å². The maximum Gasteiger partial charge on any atom is 0.214 e. The Morgan fingerprint density at radius 3 is 2.44 bits per heavy atom. The number of methoxy groups -OCH3 is 3. The van der Waals surface area contributed by atoms with Gasteiger partial charge in [-0.2, -0.15) is 0 Å². The number of ether oxygens (including phenoxy) is 4. The van der Waals surface area contributed by atoms with Crippen molar-refractivity contribution in [2.75, 3.05) is 21.3 Å². The monoisotopic (exact) mass is 430 g/mol. The molecule has 4 nitrogen and oxygen atoms in total. The molecule has 1 saturated carbocycles. The quantitative estimate of drug-likeness (QED) is 0.460. The maximum atomic E-state index is 6.70. The van der Waals surface area contributed by atoms with E-state index in [1.165, 1.54) is 22.8 Å². The third-order valence-corrected chi connectivity index (χ3v) is 7.07. The third kappa shape index (κ3) is 3.53. The normalized spacial score (nSPS) is 24.9. The van der Waals surface area contributed by atoms with E-state index in [1.807, 2.05) is 6.07 Å². The highest BCUT2D eigenvalue weighted by Crippen LogP contribution is 2.52. The van der Waals surface area contributed by atoms with Crippen LogP contribution in [-0.2, 0) is 9.47 Å². The first kappa shape index (κ1) is 20.9. The van der Waals surface area contributed by atoms with Crippen molar-refractivity contribution in [1.82, 2.24) is 0 Å². The van der Waals surface area contributed by atoms with Gasteiger partial charge in [0.15, 0.2) is 11.5 Å². The molecule has 0 amide bonds. The van der Waals surface area contributed by atoms with E-state index in [0.29, 0.717) is 0 Å². The zero-order chi connectivity index (χ0) is 22.1. The minimum absolute atomic E-state index is 0.158. The van der Waals surface area contributed by atoms with Gasteiger partial charge in [-0.1, -0.05) is 48.9 Å². The van der Waals surface area contributed by atoms with Crippen molar-refractivity contribution in [1.29, 1.82) is 0 Å². The molecule has 3 atom stereocenters. The fourth-order valence-electron chi connectivity index (χ4n) is 5.40. The van der Waals surface area contributed by atoms with Crippen LogP contribution in [0.15, 0.2) is 66.7 Å². The van der Waals surface area contributed by atoms with Gasteiger partial charge in [0, 0.05) is 30.9 Å². The van der Waals surface area contributed by atoms with Gasteiger partial charge in [-0.25, -0.2) is 0 Å². The van der Waals surface area contributed by atoms with Gasteiger partial charge >= 0.3 is 0 Å². The zero-order valence-electron chi connectivity index (χ0n) is 19.0. The SMILES string of the molecule is COc1ccc(C2C=C(c3ccc4ccccc4c3)OC3(OC)CCCCC23)cc1OC. The summed E-state index contributed by atoms with van der Waals surface area (Å²) in [4.78, 5) is 0. The van der Waals surface area contributed by atoms with Crippen molar-refractivity contribution in [2.45, 2.75) is 37.4 Å². The van der Waals surface area contributed by atoms with E-state index >= 15 is 0 Å². The number of rotatable bonds is 5. The Morgan fingerprint density at radius 1 is 0.844 bits per heavy atom. The van der Waals surface area contributed by atoms with Crippen LogP contribution >= 0.6 is 0 Å². The van der Waals surface area contributed by atoms with Crippen molar-refractivity contribution in [3.63, 3.8) is 0 Å². The second-order valence-corrected chi connectivity index (χ2v) is 8.70. The van der Waals surface area contributed by atoms with Crippen LogP contribution in [0.2, 0.25) is 0 Å². The molecule has 1 fully saturated rings. The average molecular weight is 431 g/mol. The highest BCUT2D eigenvalue weighted by atomic mass is 16.7. The van der Waals surface area contributed by atoms with Crippen molar-refractivity contribution < 1.29 is 18.9 Å². The predicted octanol–water partition coefficient (Wildman–Crippen LogP) is 6.54. The molecule has 1 aliphatic carbocycles. The molecule has 0 spiro atoms. The molecule has 32 heavy (non-hydrogen) atoms. The summed E-state index contributed by atoms with van der Waals surface area (Å²) in [6, 6.07) is 21.2. The number of allylic oxidation sites excluding steroid dienone is 1. The van der Waals surface area contributed by atoms with E-state index in [2.05, 4.69) is 60.7 Å². The molecular weight excluding hydrogens is 400 g/mol. The van der Waals surface area contributed by atoms with Crippen molar-refractivity contribution in [2.24, 2.45) is 5.92 Å². The second kappa shape index (κ2) is 8.51. The first-order valence-electron chi connectivity index (χ1n) is 11.3. The molecule has 0 aromatic heterocycles. The summed E-state index contributed by atoms with van der Waals surface area (Å²) >= 11 is 0. The van der Waals surface area contributed by atoms with Gasteiger partial charge in [0.05, 0.1) is 14.2 Å². The molecule has 1 aliphatic heterocycles. The summed E-state index contributed by atoms with van der Waals surface area (Å²) in [5.41, 5.74) is 2.27. The van der Waals surface area contributed by atoms with Crippen LogP contribution in [0.4, 0.5) is 0 Å². The molecule has 166 valence electrons. The molecule has 0 saturated heterocycles. The molecule has 0 radical (unpaired) electrons.